The maximum Gasteiger partial charge on any atom is 0.327 e. The Balaban J connectivity index is 1.87. The predicted octanol–water partition coefficient (Wildman–Crippen LogP) is 3.58. The lowest BCUT2D eigenvalue weighted by atomic mass is 9.77. The Morgan fingerprint density at radius 1 is 1.09 bits per heavy atom. The molecule has 2 aliphatic heterocycles. The van der Waals surface area contributed by atoms with Crippen molar-refractivity contribution < 1.29 is 28.3 Å². The molecule has 2 aliphatic rings. The maximum atomic E-state index is 14.1. The summed E-state index contributed by atoms with van der Waals surface area (Å²) in [4.78, 5) is 53.8. The van der Waals surface area contributed by atoms with Crippen LogP contribution in [0.5, 0.6) is 0 Å². The lowest BCUT2D eigenvalue weighted by molar-refractivity contribution is -0.155. The summed E-state index contributed by atoms with van der Waals surface area (Å²) in [6.45, 7) is 5.07. The van der Waals surface area contributed by atoms with E-state index >= 15 is 0 Å². The number of anilines is 1. The smallest absolute Gasteiger partial charge is 0.327 e. The van der Waals surface area contributed by atoms with Crippen LogP contribution in [0, 0.1) is 17.7 Å². The van der Waals surface area contributed by atoms with Crippen LogP contribution in [-0.2, 0) is 19.1 Å². The quantitative estimate of drug-likeness (QED) is 0.381. The number of fused-ring (bicyclic) bond motifs is 1. The Morgan fingerprint density at radius 2 is 1.82 bits per heavy atom. The summed E-state index contributed by atoms with van der Waals surface area (Å²) in [5.74, 6) is -4.30. The maximum absolute atomic E-state index is 14.1. The highest BCUT2D eigenvalue weighted by Gasteiger charge is 2.68. The first-order chi connectivity index (χ1) is 16.2. The van der Waals surface area contributed by atoms with Crippen LogP contribution < -0.4 is 10.2 Å². The van der Waals surface area contributed by atoms with Crippen molar-refractivity contribution in [2.75, 3.05) is 11.5 Å². The Kier molecular flexibility index (Phi) is 6.36. The van der Waals surface area contributed by atoms with Gasteiger partial charge in [-0.05, 0) is 50.1 Å². The Labute approximate surface area is 197 Å². The lowest BCUT2D eigenvalue weighted by Gasteiger charge is -2.32. The predicted molar refractivity (Wildman–Crippen MR) is 122 cm³/mol. The number of halogens is 1. The highest BCUT2D eigenvalue weighted by atomic mass is 19.1. The molecule has 0 radical (unpaired) electrons. The molecule has 2 saturated heterocycles. The molecule has 0 aliphatic carbocycles. The summed E-state index contributed by atoms with van der Waals surface area (Å²) >= 11 is 0. The largest absolute Gasteiger partial charge is 0.465 e. The van der Waals surface area contributed by atoms with Gasteiger partial charge < -0.3 is 4.74 Å². The summed E-state index contributed by atoms with van der Waals surface area (Å²) < 4.78 is 19.5. The number of hydrogen-bond donors (Lipinski definition) is 1. The number of nitrogens with one attached hydrogen (secondary N) is 1. The zero-order valence-electron chi connectivity index (χ0n) is 19.3. The Hall–Kier alpha value is -3.39. The molecule has 4 atom stereocenters. The second-order valence-electron chi connectivity index (χ2n) is 8.74. The van der Waals surface area contributed by atoms with E-state index in [2.05, 4.69) is 5.32 Å². The number of Topliss-reactive ketones (excluding diaryl/α,β-unsaturated/α-hetero) is 1. The fourth-order valence-electron chi connectivity index (χ4n) is 5.28. The number of rotatable bonds is 7. The summed E-state index contributed by atoms with van der Waals surface area (Å²) in [5.41, 5.74) is -0.339. The van der Waals surface area contributed by atoms with E-state index in [9.17, 15) is 23.6 Å². The second-order valence-corrected chi connectivity index (χ2v) is 8.74. The average Bonchev–Trinajstić information content (AvgIpc) is 3.28. The van der Waals surface area contributed by atoms with Crippen molar-refractivity contribution in [3.8, 4) is 0 Å². The first-order valence-corrected chi connectivity index (χ1v) is 11.4. The second kappa shape index (κ2) is 9.10. The van der Waals surface area contributed by atoms with E-state index < -0.39 is 47.0 Å². The molecule has 0 aromatic heterocycles. The van der Waals surface area contributed by atoms with E-state index in [1.54, 1.807) is 31.2 Å². The number of imide groups is 1. The van der Waals surface area contributed by atoms with Gasteiger partial charge in [0.1, 0.15) is 11.4 Å². The minimum absolute atomic E-state index is 0.112. The fourth-order valence-corrected chi connectivity index (χ4v) is 5.28. The van der Waals surface area contributed by atoms with Gasteiger partial charge in [-0.3, -0.25) is 24.5 Å². The summed E-state index contributed by atoms with van der Waals surface area (Å²) in [7, 11) is 0. The molecule has 0 saturated carbocycles. The summed E-state index contributed by atoms with van der Waals surface area (Å²) in [5, 5.41) is 3.23. The van der Waals surface area contributed by atoms with Crippen LogP contribution in [0.4, 0.5) is 10.1 Å². The van der Waals surface area contributed by atoms with Gasteiger partial charge in [0.25, 0.3) is 0 Å². The number of ether oxygens (including phenoxy) is 1. The van der Waals surface area contributed by atoms with E-state index in [4.69, 9.17) is 4.74 Å². The number of amides is 2. The van der Waals surface area contributed by atoms with Crippen molar-refractivity contribution >= 4 is 29.3 Å². The SMILES string of the molecule is CCC[C@]1(C(=O)OCC)N[C@H](c2cccc(F)c2)[C@H]2C(=O)N(c3cccc(C(C)=O)c3)C(=O)[C@H]21. The molecule has 0 spiro atoms. The minimum Gasteiger partial charge on any atom is -0.465 e. The van der Waals surface area contributed by atoms with Crippen molar-refractivity contribution in [1.29, 1.82) is 0 Å². The third-order valence-corrected chi connectivity index (χ3v) is 6.66. The van der Waals surface area contributed by atoms with Gasteiger partial charge in [-0.15, -0.1) is 0 Å². The van der Waals surface area contributed by atoms with Gasteiger partial charge in [0, 0.05) is 11.6 Å². The standard InChI is InChI=1S/C26H27FN2O5/c1-4-12-26(25(33)34-5-2)21-20(22(28-26)17-9-6-10-18(27)13-17)23(31)29(24(21)32)19-11-7-8-16(14-19)15(3)30/h6-11,13-14,20-22,28H,4-5,12H2,1-3H3/t20-,21-,22+,26-/m0/s1. The van der Waals surface area contributed by atoms with Gasteiger partial charge in [-0.1, -0.05) is 37.6 Å². The highest BCUT2D eigenvalue weighted by Crippen LogP contribution is 2.51. The van der Waals surface area contributed by atoms with Crippen molar-refractivity contribution in [2.45, 2.75) is 45.2 Å². The number of esters is 1. The summed E-state index contributed by atoms with van der Waals surface area (Å²) in [6, 6.07) is 11.3. The number of carbonyl (C=O) groups excluding carboxylic acids is 4. The molecule has 2 aromatic rings. The van der Waals surface area contributed by atoms with Gasteiger partial charge in [0.2, 0.25) is 11.8 Å². The van der Waals surface area contributed by atoms with Crippen molar-refractivity contribution in [3.05, 3.63) is 65.5 Å². The normalized spacial score (nSPS) is 26.0. The third-order valence-electron chi connectivity index (χ3n) is 6.66. The third kappa shape index (κ3) is 3.72. The molecule has 8 heteroatoms. The van der Waals surface area contributed by atoms with Gasteiger partial charge in [-0.25, -0.2) is 9.29 Å². The number of carbonyl (C=O) groups is 4. The fraction of sp³-hybridized carbons (Fsp3) is 0.385. The molecule has 178 valence electrons. The number of ketones is 1. The Morgan fingerprint density at radius 3 is 2.47 bits per heavy atom. The van der Waals surface area contributed by atoms with Crippen molar-refractivity contribution in [1.82, 2.24) is 5.32 Å². The number of nitrogens with zero attached hydrogens (tertiary/aromatic N) is 1. The van der Waals surface area contributed by atoms with E-state index in [0.29, 0.717) is 17.5 Å². The molecular formula is C26H27FN2O5. The molecular weight excluding hydrogens is 439 g/mol. The van der Waals surface area contributed by atoms with Gasteiger partial charge in [0.05, 0.1) is 24.1 Å². The van der Waals surface area contributed by atoms with Gasteiger partial charge in [-0.2, -0.15) is 0 Å². The van der Waals surface area contributed by atoms with Crippen LogP contribution in [0.3, 0.4) is 0 Å². The highest BCUT2D eigenvalue weighted by molar-refractivity contribution is 6.24. The van der Waals surface area contributed by atoms with Gasteiger partial charge in [0.15, 0.2) is 5.78 Å². The lowest BCUT2D eigenvalue weighted by Crippen LogP contribution is -2.56. The topological polar surface area (TPSA) is 92.8 Å². The van der Waals surface area contributed by atoms with Crippen molar-refractivity contribution in [2.24, 2.45) is 11.8 Å². The van der Waals surface area contributed by atoms with Crippen LogP contribution >= 0.6 is 0 Å². The van der Waals surface area contributed by atoms with Crippen LogP contribution in [0.25, 0.3) is 0 Å². The van der Waals surface area contributed by atoms with Crippen LogP contribution in [0.1, 0.15) is 55.6 Å². The monoisotopic (exact) mass is 466 g/mol. The van der Waals surface area contributed by atoms with E-state index in [-0.39, 0.29) is 24.5 Å². The molecule has 4 rings (SSSR count). The van der Waals surface area contributed by atoms with Crippen LogP contribution in [0.15, 0.2) is 48.5 Å². The molecule has 2 heterocycles. The number of benzene rings is 2. The average molecular weight is 467 g/mol. The Bertz CT molecular complexity index is 1170. The van der Waals surface area contributed by atoms with E-state index in [0.717, 1.165) is 4.90 Å². The molecule has 0 bridgehead atoms. The van der Waals surface area contributed by atoms with Crippen molar-refractivity contribution in [3.63, 3.8) is 0 Å². The molecule has 1 N–H and O–H groups in total. The molecule has 0 unspecified atom stereocenters. The zero-order chi connectivity index (χ0) is 24.6. The number of hydrogen-bond acceptors (Lipinski definition) is 6. The minimum atomic E-state index is -1.44. The van der Waals surface area contributed by atoms with E-state index in [1.807, 2.05) is 6.92 Å². The molecule has 34 heavy (non-hydrogen) atoms. The molecule has 2 aromatic carbocycles. The first-order valence-electron chi connectivity index (χ1n) is 11.4. The zero-order valence-corrected chi connectivity index (χ0v) is 19.3. The van der Waals surface area contributed by atoms with E-state index in [1.165, 1.54) is 31.2 Å². The molecule has 2 amide bonds. The first kappa shape index (κ1) is 23.8. The van der Waals surface area contributed by atoms with Crippen LogP contribution in [0.2, 0.25) is 0 Å². The van der Waals surface area contributed by atoms with Crippen LogP contribution in [-0.4, -0.2) is 35.7 Å². The summed E-state index contributed by atoms with van der Waals surface area (Å²) in [6.07, 6.45) is 0.811. The molecule has 7 nitrogen and oxygen atoms in total. The van der Waals surface area contributed by atoms with Gasteiger partial charge >= 0.3 is 5.97 Å². The molecule has 2 fully saturated rings.